The van der Waals surface area contributed by atoms with E-state index < -0.39 is 0 Å². The molecule has 0 bridgehead atoms. The number of hydrogen-bond acceptors (Lipinski definition) is 1. The zero-order valence-corrected chi connectivity index (χ0v) is 11.8. The van der Waals surface area contributed by atoms with Crippen LogP contribution in [0.25, 0.3) is 6.08 Å². The molecule has 1 atom stereocenters. The van der Waals surface area contributed by atoms with Gasteiger partial charge in [0.15, 0.2) is 0 Å². The Morgan fingerprint density at radius 1 is 1.11 bits per heavy atom. The number of benzene rings is 1. The van der Waals surface area contributed by atoms with E-state index in [0.29, 0.717) is 0 Å². The quantitative estimate of drug-likeness (QED) is 0.730. The smallest absolute Gasteiger partial charge is 0.0130 e. The molecule has 1 aromatic rings. The summed E-state index contributed by atoms with van der Waals surface area (Å²) in [6, 6.07) is 11.5. The van der Waals surface area contributed by atoms with Crippen LogP contribution in [-0.2, 0) is 0 Å². The van der Waals surface area contributed by atoms with E-state index in [0.717, 1.165) is 12.0 Å². The molecule has 0 radical (unpaired) electrons. The Hall–Kier alpha value is -1.08. The van der Waals surface area contributed by atoms with Gasteiger partial charge in [0.05, 0.1) is 0 Å². The molecular weight excluding hydrogens is 230 g/mol. The van der Waals surface area contributed by atoms with Gasteiger partial charge >= 0.3 is 0 Å². The van der Waals surface area contributed by atoms with Crippen molar-refractivity contribution in [1.29, 1.82) is 0 Å². The molecule has 1 heterocycles. The lowest BCUT2D eigenvalue weighted by Gasteiger charge is -2.23. The summed E-state index contributed by atoms with van der Waals surface area (Å²) in [6.45, 7) is 2.67. The summed E-state index contributed by atoms with van der Waals surface area (Å²) in [6.07, 6.45) is 13.1. The molecule has 102 valence electrons. The third kappa shape index (κ3) is 3.94. The summed E-state index contributed by atoms with van der Waals surface area (Å²) in [4.78, 5) is 2.73. The van der Waals surface area contributed by atoms with E-state index in [4.69, 9.17) is 0 Å². The first-order chi connectivity index (χ1) is 9.42. The Balaban J connectivity index is 1.46. The molecule has 0 spiro atoms. The lowest BCUT2D eigenvalue weighted by molar-refractivity contribution is 0.247. The molecule has 1 saturated carbocycles. The van der Waals surface area contributed by atoms with Crippen LogP contribution in [0, 0.1) is 5.92 Å². The highest BCUT2D eigenvalue weighted by molar-refractivity contribution is 5.48. The molecule has 1 aliphatic carbocycles. The van der Waals surface area contributed by atoms with Crippen LogP contribution >= 0.6 is 0 Å². The first-order valence-electron chi connectivity index (χ1n) is 7.87. The number of rotatable bonds is 6. The Bertz CT molecular complexity index is 405. The van der Waals surface area contributed by atoms with Crippen molar-refractivity contribution in [1.82, 2.24) is 4.90 Å². The summed E-state index contributed by atoms with van der Waals surface area (Å²) in [5.41, 5.74) is 1.32. The van der Waals surface area contributed by atoms with Crippen molar-refractivity contribution < 1.29 is 0 Å². The summed E-state index contributed by atoms with van der Waals surface area (Å²) in [5, 5.41) is 0. The van der Waals surface area contributed by atoms with Gasteiger partial charge in [-0.2, -0.15) is 0 Å². The maximum atomic E-state index is 2.73. The van der Waals surface area contributed by atoms with Gasteiger partial charge in [-0.05, 0) is 50.3 Å². The average molecular weight is 255 g/mol. The molecule has 3 rings (SSSR count). The van der Waals surface area contributed by atoms with Crippen LogP contribution in [-0.4, -0.2) is 24.0 Å². The molecule has 1 unspecified atom stereocenters. The van der Waals surface area contributed by atoms with Crippen molar-refractivity contribution in [3.05, 3.63) is 42.0 Å². The molecular formula is C18H25N. The molecule has 19 heavy (non-hydrogen) atoms. The van der Waals surface area contributed by atoms with Gasteiger partial charge < -0.3 is 4.90 Å². The number of nitrogens with zero attached hydrogens (tertiary/aromatic N) is 1. The zero-order chi connectivity index (χ0) is 12.9. The molecule has 1 aliphatic heterocycles. The van der Waals surface area contributed by atoms with Crippen LogP contribution in [0.5, 0.6) is 0 Å². The number of hydrogen-bond donors (Lipinski definition) is 0. The molecule has 2 aliphatic rings. The van der Waals surface area contributed by atoms with Gasteiger partial charge in [0.1, 0.15) is 0 Å². The van der Waals surface area contributed by atoms with E-state index in [-0.39, 0.29) is 0 Å². The van der Waals surface area contributed by atoms with E-state index in [1.54, 1.807) is 0 Å². The lowest BCUT2D eigenvalue weighted by Crippen LogP contribution is -2.30. The van der Waals surface area contributed by atoms with Gasteiger partial charge in [0, 0.05) is 6.04 Å². The molecule has 2 fully saturated rings. The maximum absolute atomic E-state index is 2.73. The lowest BCUT2D eigenvalue weighted by atomic mass is 10.1. The largest absolute Gasteiger partial charge is 0.300 e. The predicted octanol–water partition coefficient (Wildman–Crippen LogP) is 4.35. The molecule has 1 aromatic carbocycles. The summed E-state index contributed by atoms with van der Waals surface area (Å²) in [5.74, 6) is 1.07. The van der Waals surface area contributed by atoms with E-state index in [2.05, 4.69) is 47.4 Å². The summed E-state index contributed by atoms with van der Waals surface area (Å²) < 4.78 is 0. The van der Waals surface area contributed by atoms with Crippen LogP contribution in [0.4, 0.5) is 0 Å². The van der Waals surface area contributed by atoms with E-state index >= 15 is 0 Å². The second kappa shape index (κ2) is 6.38. The highest BCUT2D eigenvalue weighted by Crippen LogP contribution is 2.33. The van der Waals surface area contributed by atoms with Crippen LogP contribution in [0.1, 0.15) is 44.1 Å². The van der Waals surface area contributed by atoms with Crippen LogP contribution in [0.3, 0.4) is 0 Å². The van der Waals surface area contributed by atoms with Crippen molar-refractivity contribution in [2.45, 2.75) is 44.6 Å². The van der Waals surface area contributed by atoms with Gasteiger partial charge in [-0.3, -0.25) is 0 Å². The third-order valence-electron chi connectivity index (χ3n) is 4.54. The second-order valence-corrected chi connectivity index (χ2v) is 6.11. The first kappa shape index (κ1) is 12.9. The van der Waals surface area contributed by atoms with Gasteiger partial charge in [-0.15, -0.1) is 0 Å². The Morgan fingerprint density at radius 2 is 1.95 bits per heavy atom. The molecule has 1 saturated heterocycles. The fraction of sp³-hybridized carbons (Fsp3) is 0.556. The second-order valence-electron chi connectivity index (χ2n) is 6.11. The van der Waals surface area contributed by atoms with E-state index in [1.165, 1.54) is 57.2 Å². The first-order valence-corrected chi connectivity index (χ1v) is 7.87. The van der Waals surface area contributed by atoms with Crippen molar-refractivity contribution >= 4 is 6.08 Å². The van der Waals surface area contributed by atoms with E-state index in [9.17, 15) is 0 Å². The summed E-state index contributed by atoms with van der Waals surface area (Å²) >= 11 is 0. The SMILES string of the molecule is C(=Cc1ccccc1)CC1CCCN1CCC1CC1. The molecule has 1 heteroatoms. The normalized spacial score (nSPS) is 24.3. The van der Waals surface area contributed by atoms with Crippen molar-refractivity contribution in [3.63, 3.8) is 0 Å². The minimum atomic E-state index is 0.804. The van der Waals surface area contributed by atoms with Crippen molar-refractivity contribution in [2.24, 2.45) is 5.92 Å². The Morgan fingerprint density at radius 3 is 2.74 bits per heavy atom. The van der Waals surface area contributed by atoms with Gasteiger partial charge in [0.25, 0.3) is 0 Å². The number of likely N-dealkylation sites (tertiary alicyclic amines) is 1. The zero-order valence-electron chi connectivity index (χ0n) is 11.8. The predicted molar refractivity (Wildman–Crippen MR) is 82.0 cm³/mol. The minimum absolute atomic E-state index is 0.804. The van der Waals surface area contributed by atoms with Gasteiger partial charge in [0.2, 0.25) is 0 Å². The fourth-order valence-electron chi connectivity index (χ4n) is 3.14. The van der Waals surface area contributed by atoms with E-state index in [1.807, 2.05) is 0 Å². The molecule has 0 aromatic heterocycles. The minimum Gasteiger partial charge on any atom is -0.300 e. The van der Waals surface area contributed by atoms with Gasteiger partial charge in [-0.25, -0.2) is 0 Å². The molecule has 1 nitrogen and oxygen atoms in total. The monoisotopic (exact) mass is 255 g/mol. The standard InChI is InChI=1S/C18H25N/c1-2-6-16(7-3-1)8-4-9-18-10-5-14-19(18)15-13-17-11-12-17/h1-4,6-8,17-18H,5,9-15H2. The van der Waals surface area contributed by atoms with Crippen molar-refractivity contribution in [3.8, 4) is 0 Å². The van der Waals surface area contributed by atoms with Crippen LogP contribution < -0.4 is 0 Å². The maximum Gasteiger partial charge on any atom is 0.0130 e. The molecule has 0 amide bonds. The fourth-order valence-corrected chi connectivity index (χ4v) is 3.14. The topological polar surface area (TPSA) is 3.24 Å². The Kier molecular flexibility index (Phi) is 4.34. The Labute approximate surface area is 117 Å². The van der Waals surface area contributed by atoms with Crippen molar-refractivity contribution in [2.75, 3.05) is 13.1 Å². The molecule has 0 N–H and O–H groups in total. The summed E-state index contributed by atoms with van der Waals surface area (Å²) in [7, 11) is 0. The highest BCUT2D eigenvalue weighted by atomic mass is 15.2. The average Bonchev–Trinajstić information content (AvgIpc) is 3.17. The van der Waals surface area contributed by atoms with Gasteiger partial charge in [-0.1, -0.05) is 55.3 Å². The van der Waals surface area contributed by atoms with Crippen LogP contribution in [0.2, 0.25) is 0 Å². The van der Waals surface area contributed by atoms with Crippen LogP contribution in [0.15, 0.2) is 36.4 Å². The third-order valence-corrected chi connectivity index (χ3v) is 4.54. The highest BCUT2D eigenvalue weighted by Gasteiger charge is 2.26.